The number of allylic oxidation sites excluding steroid dienone is 8. The summed E-state index contributed by atoms with van der Waals surface area (Å²) < 4.78 is 0. The van der Waals surface area contributed by atoms with Crippen molar-refractivity contribution in [1.82, 2.24) is 0 Å². The molecule has 1 aliphatic rings. The topological polar surface area (TPSA) is 0 Å². The molecular formula is C18H24. The minimum absolute atomic E-state index is 0.313. The van der Waals surface area contributed by atoms with Crippen LogP contribution < -0.4 is 0 Å². The fourth-order valence-corrected chi connectivity index (χ4v) is 2.54. The van der Waals surface area contributed by atoms with Crippen molar-refractivity contribution < 1.29 is 0 Å². The van der Waals surface area contributed by atoms with Crippen molar-refractivity contribution in [2.75, 3.05) is 0 Å². The quantitative estimate of drug-likeness (QED) is 0.469. The van der Waals surface area contributed by atoms with Gasteiger partial charge in [0, 0.05) is 0 Å². The minimum Gasteiger partial charge on any atom is -0.115 e. The Bertz CT molecular complexity index is 445. The highest BCUT2D eigenvalue weighted by atomic mass is 14.3. The van der Waals surface area contributed by atoms with Gasteiger partial charge >= 0.3 is 0 Å². The molecular weight excluding hydrogens is 216 g/mol. The minimum atomic E-state index is 0.313. The Labute approximate surface area is 112 Å². The second kappa shape index (κ2) is 6.45. The summed E-state index contributed by atoms with van der Waals surface area (Å²) in [6, 6.07) is 0. The van der Waals surface area contributed by atoms with Gasteiger partial charge in [-0.05, 0) is 50.2 Å². The SMILES string of the molecule is C#C/C=C/C=C(C)/C=C/C1=C(C)CCCC1(C)C. The van der Waals surface area contributed by atoms with E-state index in [1.807, 2.05) is 12.2 Å². The molecule has 1 rings (SSSR count). The van der Waals surface area contributed by atoms with Crippen molar-refractivity contribution in [2.45, 2.75) is 47.0 Å². The van der Waals surface area contributed by atoms with E-state index in [0.29, 0.717) is 5.41 Å². The zero-order chi connectivity index (χ0) is 13.6. The van der Waals surface area contributed by atoms with Gasteiger partial charge in [0.1, 0.15) is 0 Å². The highest BCUT2D eigenvalue weighted by molar-refractivity contribution is 5.36. The average molecular weight is 240 g/mol. The summed E-state index contributed by atoms with van der Waals surface area (Å²) in [4.78, 5) is 0. The van der Waals surface area contributed by atoms with Crippen LogP contribution in [0, 0.1) is 17.8 Å². The first-order valence-electron chi connectivity index (χ1n) is 6.65. The van der Waals surface area contributed by atoms with Crippen molar-refractivity contribution >= 4 is 0 Å². The van der Waals surface area contributed by atoms with Gasteiger partial charge in [0.2, 0.25) is 0 Å². The van der Waals surface area contributed by atoms with E-state index in [9.17, 15) is 0 Å². The third-order valence-corrected chi connectivity index (χ3v) is 3.61. The van der Waals surface area contributed by atoms with Gasteiger partial charge in [-0.25, -0.2) is 0 Å². The predicted octanol–water partition coefficient (Wildman–Crippen LogP) is 5.20. The number of hydrogen-bond acceptors (Lipinski definition) is 0. The van der Waals surface area contributed by atoms with Crippen molar-refractivity contribution in [1.29, 1.82) is 0 Å². The van der Waals surface area contributed by atoms with Crippen LogP contribution in [0.4, 0.5) is 0 Å². The molecule has 0 bridgehead atoms. The summed E-state index contributed by atoms with van der Waals surface area (Å²) in [5, 5.41) is 0. The van der Waals surface area contributed by atoms with Crippen LogP contribution in [0.25, 0.3) is 0 Å². The Morgan fingerprint density at radius 3 is 2.72 bits per heavy atom. The third kappa shape index (κ3) is 4.08. The van der Waals surface area contributed by atoms with Gasteiger partial charge in [-0.3, -0.25) is 0 Å². The Kier molecular flexibility index (Phi) is 5.23. The van der Waals surface area contributed by atoms with Crippen LogP contribution in [0.5, 0.6) is 0 Å². The van der Waals surface area contributed by atoms with Crippen LogP contribution in [0.3, 0.4) is 0 Å². The maximum absolute atomic E-state index is 5.17. The molecule has 0 saturated carbocycles. The molecule has 0 N–H and O–H groups in total. The van der Waals surface area contributed by atoms with Gasteiger partial charge in [-0.2, -0.15) is 0 Å². The van der Waals surface area contributed by atoms with Crippen molar-refractivity contribution in [3.05, 3.63) is 47.1 Å². The summed E-state index contributed by atoms with van der Waals surface area (Å²) in [6.07, 6.45) is 19.1. The first-order valence-corrected chi connectivity index (χ1v) is 6.65. The summed E-state index contributed by atoms with van der Waals surface area (Å²) in [6.45, 7) is 9.04. The Morgan fingerprint density at radius 1 is 1.39 bits per heavy atom. The molecule has 0 radical (unpaired) electrons. The first-order chi connectivity index (χ1) is 8.47. The maximum atomic E-state index is 5.17. The molecule has 0 spiro atoms. The van der Waals surface area contributed by atoms with E-state index in [-0.39, 0.29) is 0 Å². The fourth-order valence-electron chi connectivity index (χ4n) is 2.54. The summed E-state index contributed by atoms with van der Waals surface area (Å²) >= 11 is 0. The Hall–Kier alpha value is -1.48. The summed E-state index contributed by atoms with van der Waals surface area (Å²) in [7, 11) is 0. The zero-order valence-corrected chi connectivity index (χ0v) is 12.1. The average Bonchev–Trinajstić information content (AvgIpc) is 2.28. The Morgan fingerprint density at radius 2 is 2.11 bits per heavy atom. The van der Waals surface area contributed by atoms with Crippen LogP contribution >= 0.6 is 0 Å². The van der Waals surface area contributed by atoms with E-state index < -0.39 is 0 Å². The summed E-state index contributed by atoms with van der Waals surface area (Å²) in [5.41, 5.74) is 4.58. The largest absolute Gasteiger partial charge is 0.115 e. The molecule has 0 aromatic carbocycles. The Balaban J connectivity index is 2.86. The zero-order valence-electron chi connectivity index (χ0n) is 12.1. The molecule has 0 atom stereocenters. The van der Waals surface area contributed by atoms with Gasteiger partial charge in [-0.1, -0.05) is 55.2 Å². The molecule has 0 nitrogen and oxygen atoms in total. The van der Waals surface area contributed by atoms with Crippen molar-refractivity contribution in [3.8, 4) is 12.3 Å². The molecule has 0 fully saturated rings. The van der Waals surface area contributed by atoms with Crippen molar-refractivity contribution in [3.63, 3.8) is 0 Å². The molecule has 18 heavy (non-hydrogen) atoms. The van der Waals surface area contributed by atoms with Gasteiger partial charge in [0.05, 0.1) is 0 Å². The van der Waals surface area contributed by atoms with Crippen LogP contribution in [0.15, 0.2) is 47.1 Å². The highest BCUT2D eigenvalue weighted by Crippen LogP contribution is 2.40. The van der Waals surface area contributed by atoms with Gasteiger partial charge in [-0.15, -0.1) is 6.42 Å². The molecule has 0 amide bonds. The van der Waals surface area contributed by atoms with Crippen LogP contribution in [-0.2, 0) is 0 Å². The van der Waals surface area contributed by atoms with E-state index in [4.69, 9.17) is 6.42 Å². The maximum Gasteiger partial charge on any atom is -0.0104 e. The lowest BCUT2D eigenvalue weighted by atomic mass is 9.72. The van der Waals surface area contributed by atoms with Crippen LogP contribution in [0.1, 0.15) is 47.0 Å². The van der Waals surface area contributed by atoms with Crippen LogP contribution in [0.2, 0.25) is 0 Å². The second-order valence-corrected chi connectivity index (χ2v) is 5.70. The van der Waals surface area contributed by atoms with Crippen LogP contribution in [-0.4, -0.2) is 0 Å². The molecule has 0 saturated heterocycles. The fraction of sp³-hybridized carbons (Fsp3) is 0.444. The lowest BCUT2D eigenvalue weighted by Crippen LogP contribution is -2.19. The molecule has 0 aromatic heterocycles. The molecule has 0 unspecified atom stereocenters. The first kappa shape index (κ1) is 14.6. The molecule has 0 aliphatic heterocycles. The molecule has 96 valence electrons. The van der Waals surface area contributed by atoms with E-state index in [1.54, 1.807) is 6.08 Å². The normalized spacial score (nSPS) is 20.7. The third-order valence-electron chi connectivity index (χ3n) is 3.61. The van der Waals surface area contributed by atoms with E-state index in [2.05, 4.69) is 45.8 Å². The predicted molar refractivity (Wildman–Crippen MR) is 81.2 cm³/mol. The monoisotopic (exact) mass is 240 g/mol. The van der Waals surface area contributed by atoms with Gasteiger partial charge in [0.15, 0.2) is 0 Å². The second-order valence-electron chi connectivity index (χ2n) is 5.70. The van der Waals surface area contributed by atoms with E-state index in [1.165, 1.54) is 36.0 Å². The molecule has 0 heterocycles. The van der Waals surface area contributed by atoms with E-state index >= 15 is 0 Å². The molecule has 0 heteroatoms. The standard InChI is InChI=1S/C18H24/c1-6-7-8-10-15(2)12-13-17-16(3)11-9-14-18(17,4)5/h1,7-8,10,12-13H,9,11,14H2,2-5H3/b8-7+,13-12+,15-10+. The van der Waals surface area contributed by atoms with E-state index in [0.717, 1.165) is 0 Å². The smallest absolute Gasteiger partial charge is 0.0104 e. The highest BCUT2D eigenvalue weighted by Gasteiger charge is 2.26. The van der Waals surface area contributed by atoms with Crippen molar-refractivity contribution in [2.24, 2.45) is 5.41 Å². The number of terminal acetylenes is 1. The van der Waals surface area contributed by atoms with Gasteiger partial charge in [0.25, 0.3) is 0 Å². The van der Waals surface area contributed by atoms with Gasteiger partial charge < -0.3 is 0 Å². The molecule has 1 aliphatic carbocycles. The lowest BCUT2D eigenvalue weighted by molar-refractivity contribution is 0.377. The molecule has 0 aromatic rings. The lowest BCUT2D eigenvalue weighted by Gasteiger charge is -2.32. The number of rotatable bonds is 3. The number of hydrogen-bond donors (Lipinski definition) is 0. The summed E-state index contributed by atoms with van der Waals surface area (Å²) in [5.74, 6) is 2.49.